The molecule has 1 rings (SSSR count). The summed E-state index contributed by atoms with van der Waals surface area (Å²) in [5.41, 5.74) is 8.90. The molecule has 0 aliphatic heterocycles. The number of hydrogen-bond acceptors (Lipinski definition) is 2. The van der Waals surface area contributed by atoms with Gasteiger partial charge in [-0.1, -0.05) is 52.8 Å². The molecule has 0 aromatic heterocycles. The number of carbonyl (C=O) groups excluding carboxylic acids is 1. The summed E-state index contributed by atoms with van der Waals surface area (Å²) in [7, 11) is 0. The molecule has 3 nitrogen and oxygen atoms in total. The number of benzene rings is 1. The van der Waals surface area contributed by atoms with Crippen LogP contribution in [0.4, 0.5) is 5.69 Å². The highest BCUT2D eigenvalue weighted by Gasteiger charge is 2.18. The van der Waals surface area contributed by atoms with Crippen LogP contribution in [-0.2, 0) is 4.79 Å². The maximum absolute atomic E-state index is 12.1. The fourth-order valence-corrected chi connectivity index (χ4v) is 2.05. The smallest absolute Gasteiger partial charge is 0.228 e. The van der Waals surface area contributed by atoms with Crippen molar-refractivity contribution in [3.05, 3.63) is 29.3 Å². The van der Waals surface area contributed by atoms with Crippen LogP contribution in [0.2, 0.25) is 0 Å². The van der Waals surface area contributed by atoms with Crippen LogP contribution >= 0.6 is 0 Å². The third-order valence-electron chi connectivity index (χ3n) is 3.42. The second kappa shape index (κ2) is 6.71. The van der Waals surface area contributed by atoms with Gasteiger partial charge in [0.15, 0.2) is 0 Å². The van der Waals surface area contributed by atoms with Crippen molar-refractivity contribution >= 4 is 11.6 Å². The molecule has 1 aromatic rings. The molecule has 0 bridgehead atoms. The fourth-order valence-electron chi connectivity index (χ4n) is 2.05. The second-order valence-electron chi connectivity index (χ2n) is 5.75. The van der Waals surface area contributed by atoms with Crippen LogP contribution in [0.3, 0.4) is 0 Å². The molecule has 0 saturated carbocycles. The van der Waals surface area contributed by atoms with Gasteiger partial charge < -0.3 is 11.1 Å². The van der Waals surface area contributed by atoms with Gasteiger partial charge >= 0.3 is 0 Å². The van der Waals surface area contributed by atoms with Gasteiger partial charge in [-0.2, -0.15) is 0 Å². The molecule has 0 radical (unpaired) electrons. The Hall–Kier alpha value is -1.35. The third-order valence-corrected chi connectivity index (χ3v) is 3.42. The third kappa shape index (κ3) is 3.80. The Kier molecular flexibility index (Phi) is 5.55. The Labute approximate surface area is 116 Å². The number of nitrogens with two attached hydrogens (primary N) is 1. The van der Waals surface area contributed by atoms with E-state index < -0.39 is 0 Å². The first-order valence-corrected chi connectivity index (χ1v) is 7.02. The molecule has 1 atom stereocenters. The number of nitrogens with one attached hydrogen (secondary N) is 1. The van der Waals surface area contributed by atoms with E-state index in [-0.39, 0.29) is 11.8 Å². The van der Waals surface area contributed by atoms with Crippen LogP contribution in [0.25, 0.3) is 0 Å². The monoisotopic (exact) mass is 262 g/mol. The van der Waals surface area contributed by atoms with Gasteiger partial charge in [0.25, 0.3) is 0 Å². The molecule has 0 aliphatic rings. The number of hydrogen-bond donors (Lipinski definition) is 2. The number of anilines is 1. The summed E-state index contributed by atoms with van der Waals surface area (Å²) in [5, 5.41) is 3.07. The fraction of sp³-hybridized carbons (Fsp3) is 0.562. The lowest BCUT2D eigenvalue weighted by atomic mass is 9.92. The Bertz CT molecular complexity index is 412. The van der Waals surface area contributed by atoms with E-state index in [2.05, 4.69) is 51.2 Å². The lowest BCUT2D eigenvalue weighted by Gasteiger charge is -2.21. The van der Waals surface area contributed by atoms with Crippen LogP contribution in [0.5, 0.6) is 0 Å². The highest BCUT2D eigenvalue weighted by Crippen LogP contribution is 2.32. The first-order valence-electron chi connectivity index (χ1n) is 7.02. The summed E-state index contributed by atoms with van der Waals surface area (Å²) >= 11 is 0. The zero-order valence-electron chi connectivity index (χ0n) is 12.7. The quantitative estimate of drug-likeness (QED) is 0.853. The highest BCUT2D eigenvalue weighted by atomic mass is 16.1. The average Bonchev–Trinajstić information content (AvgIpc) is 2.37. The summed E-state index contributed by atoms with van der Waals surface area (Å²) in [6.45, 7) is 10.8. The first-order chi connectivity index (χ1) is 8.88. The highest BCUT2D eigenvalue weighted by molar-refractivity contribution is 5.94. The van der Waals surface area contributed by atoms with E-state index in [1.165, 1.54) is 11.1 Å². The normalized spacial score (nSPS) is 12.8. The van der Waals surface area contributed by atoms with E-state index in [0.717, 1.165) is 5.69 Å². The van der Waals surface area contributed by atoms with Gasteiger partial charge in [0.1, 0.15) is 0 Å². The molecule has 0 aliphatic carbocycles. The minimum Gasteiger partial charge on any atom is -0.330 e. The number of para-hydroxylation sites is 1. The van der Waals surface area contributed by atoms with Crippen molar-refractivity contribution < 1.29 is 4.79 Å². The minimum absolute atomic E-state index is 0.00231. The van der Waals surface area contributed by atoms with E-state index in [4.69, 9.17) is 5.73 Å². The van der Waals surface area contributed by atoms with Gasteiger partial charge in [-0.25, -0.2) is 0 Å². The minimum atomic E-state index is -0.166. The topological polar surface area (TPSA) is 55.1 Å². The Morgan fingerprint density at radius 2 is 1.58 bits per heavy atom. The molecular formula is C16H26N2O. The van der Waals surface area contributed by atoms with E-state index in [0.29, 0.717) is 18.4 Å². The number of amides is 1. The van der Waals surface area contributed by atoms with Gasteiger partial charge in [-0.15, -0.1) is 0 Å². The summed E-state index contributed by atoms with van der Waals surface area (Å²) < 4.78 is 0. The molecule has 19 heavy (non-hydrogen) atoms. The summed E-state index contributed by atoms with van der Waals surface area (Å²) in [6, 6.07) is 6.23. The van der Waals surface area contributed by atoms with Crippen molar-refractivity contribution in [2.24, 2.45) is 11.7 Å². The van der Waals surface area contributed by atoms with Crippen molar-refractivity contribution in [1.29, 1.82) is 0 Å². The van der Waals surface area contributed by atoms with Crippen LogP contribution in [0.1, 0.15) is 57.6 Å². The standard InChI is InChI=1S/C16H26N2O/c1-10(2)13-7-6-8-14(11(3)4)15(13)18-16(19)12(5)9-17/h6-8,10-12H,9,17H2,1-5H3,(H,18,19). The van der Waals surface area contributed by atoms with Crippen molar-refractivity contribution in [2.75, 3.05) is 11.9 Å². The molecule has 3 N–H and O–H groups in total. The maximum atomic E-state index is 12.1. The molecule has 1 aromatic carbocycles. The molecule has 1 unspecified atom stereocenters. The molecular weight excluding hydrogens is 236 g/mol. The van der Waals surface area contributed by atoms with E-state index >= 15 is 0 Å². The molecule has 0 fully saturated rings. The van der Waals surface area contributed by atoms with E-state index in [1.54, 1.807) is 0 Å². The zero-order chi connectivity index (χ0) is 14.6. The van der Waals surface area contributed by atoms with Gasteiger partial charge in [0, 0.05) is 18.2 Å². The zero-order valence-corrected chi connectivity index (χ0v) is 12.7. The van der Waals surface area contributed by atoms with Crippen LogP contribution in [0.15, 0.2) is 18.2 Å². The summed E-state index contributed by atoms with van der Waals surface area (Å²) in [4.78, 5) is 12.1. The maximum Gasteiger partial charge on any atom is 0.228 e. The van der Waals surface area contributed by atoms with Crippen LogP contribution < -0.4 is 11.1 Å². The van der Waals surface area contributed by atoms with E-state index in [1.807, 2.05) is 6.92 Å². The molecule has 1 amide bonds. The Balaban J connectivity index is 3.18. The average molecular weight is 262 g/mol. The van der Waals surface area contributed by atoms with Crippen LogP contribution in [0, 0.1) is 5.92 Å². The largest absolute Gasteiger partial charge is 0.330 e. The van der Waals surface area contributed by atoms with Gasteiger partial charge in [0.05, 0.1) is 0 Å². The molecule has 0 saturated heterocycles. The van der Waals surface area contributed by atoms with Gasteiger partial charge in [-0.05, 0) is 23.0 Å². The lowest BCUT2D eigenvalue weighted by molar-refractivity contribution is -0.119. The lowest BCUT2D eigenvalue weighted by Crippen LogP contribution is -2.27. The summed E-state index contributed by atoms with van der Waals surface area (Å²) in [5.74, 6) is 0.585. The predicted molar refractivity (Wildman–Crippen MR) is 81.5 cm³/mol. The van der Waals surface area contributed by atoms with E-state index in [9.17, 15) is 4.79 Å². The first kappa shape index (κ1) is 15.7. The van der Waals surface area contributed by atoms with Crippen molar-refractivity contribution in [2.45, 2.75) is 46.5 Å². The SMILES string of the molecule is CC(CN)C(=O)Nc1c(C(C)C)cccc1C(C)C. The van der Waals surface area contributed by atoms with Crippen LogP contribution in [-0.4, -0.2) is 12.5 Å². The van der Waals surface area contributed by atoms with Crippen molar-refractivity contribution in [3.8, 4) is 0 Å². The Morgan fingerprint density at radius 3 is 1.95 bits per heavy atom. The number of rotatable bonds is 5. The predicted octanol–water partition coefficient (Wildman–Crippen LogP) is 3.47. The summed E-state index contributed by atoms with van der Waals surface area (Å²) in [6.07, 6.45) is 0. The Morgan fingerprint density at radius 1 is 1.11 bits per heavy atom. The van der Waals surface area contributed by atoms with Gasteiger partial charge in [0.2, 0.25) is 5.91 Å². The van der Waals surface area contributed by atoms with Crippen molar-refractivity contribution in [3.63, 3.8) is 0 Å². The van der Waals surface area contributed by atoms with Crippen molar-refractivity contribution in [1.82, 2.24) is 0 Å². The number of carbonyl (C=O) groups is 1. The molecule has 106 valence electrons. The second-order valence-corrected chi connectivity index (χ2v) is 5.75. The molecule has 0 heterocycles. The van der Waals surface area contributed by atoms with Gasteiger partial charge in [-0.3, -0.25) is 4.79 Å². The molecule has 3 heteroatoms. The molecule has 0 spiro atoms.